The molecule has 2 aromatic heterocycles. The Labute approximate surface area is 168 Å². The van der Waals surface area contributed by atoms with E-state index in [9.17, 15) is 5.26 Å². The third-order valence-corrected chi connectivity index (χ3v) is 4.75. The normalized spacial score (nSPS) is 14.3. The smallest absolute Gasteiger partial charge is 0.266 e. The van der Waals surface area contributed by atoms with Gasteiger partial charge < -0.3 is 18.5 Å². The first-order valence-electron chi connectivity index (χ1n) is 9.32. The number of oxazole rings is 1. The van der Waals surface area contributed by atoms with Gasteiger partial charge in [0.2, 0.25) is 11.6 Å². The van der Waals surface area contributed by atoms with Gasteiger partial charge in [0.25, 0.3) is 5.89 Å². The molecule has 8 nitrogen and oxygen atoms in total. The highest BCUT2D eigenvalue weighted by Gasteiger charge is 2.25. The van der Waals surface area contributed by atoms with Crippen molar-refractivity contribution in [3.8, 4) is 29.5 Å². The lowest BCUT2D eigenvalue weighted by atomic mass is 10.2. The summed E-state index contributed by atoms with van der Waals surface area (Å²) in [5.41, 5.74) is 0.857. The van der Waals surface area contributed by atoms with Crippen molar-refractivity contribution in [2.75, 3.05) is 44.2 Å². The first-order valence-corrected chi connectivity index (χ1v) is 9.32. The summed E-state index contributed by atoms with van der Waals surface area (Å²) < 4.78 is 16.9. The molecule has 0 aliphatic carbocycles. The number of hydrogen-bond acceptors (Lipinski definition) is 8. The number of benzene rings is 1. The maximum absolute atomic E-state index is 9.40. The van der Waals surface area contributed by atoms with Crippen molar-refractivity contribution < 1.29 is 13.6 Å². The molecule has 0 spiro atoms. The van der Waals surface area contributed by atoms with Crippen molar-refractivity contribution >= 4 is 5.88 Å². The Balaban J connectivity index is 1.30. The van der Waals surface area contributed by atoms with Crippen molar-refractivity contribution in [3.63, 3.8) is 0 Å². The number of anilines is 1. The molecule has 0 unspecified atom stereocenters. The van der Waals surface area contributed by atoms with Crippen LogP contribution in [0.25, 0.3) is 11.7 Å². The number of rotatable bonds is 6. The van der Waals surface area contributed by atoms with Crippen LogP contribution in [0.2, 0.25) is 0 Å². The largest absolute Gasteiger partial charge is 0.492 e. The second kappa shape index (κ2) is 8.51. The Bertz CT molecular complexity index is 1040. The lowest BCUT2D eigenvalue weighted by Gasteiger charge is -2.34. The van der Waals surface area contributed by atoms with Gasteiger partial charge in [-0.25, -0.2) is 0 Å². The van der Waals surface area contributed by atoms with Gasteiger partial charge in [-0.3, -0.25) is 4.90 Å². The number of furan rings is 1. The lowest BCUT2D eigenvalue weighted by Crippen LogP contribution is -2.47. The third-order valence-electron chi connectivity index (χ3n) is 4.75. The van der Waals surface area contributed by atoms with Crippen LogP contribution in [0.3, 0.4) is 0 Å². The van der Waals surface area contributed by atoms with Crippen molar-refractivity contribution in [1.82, 2.24) is 9.88 Å². The summed E-state index contributed by atoms with van der Waals surface area (Å²) in [5, 5.41) is 18.3. The van der Waals surface area contributed by atoms with Gasteiger partial charge in [0.05, 0.1) is 17.9 Å². The van der Waals surface area contributed by atoms with Gasteiger partial charge in [0.1, 0.15) is 18.4 Å². The molecule has 3 heterocycles. The van der Waals surface area contributed by atoms with Gasteiger partial charge in [-0.1, -0.05) is 6.07 Å². The van der Waals surface area contributed by atoms with Crippen LogP contribution in [0, 0.1) is 22.7 Å². The Kier molecular flexibility index (Phi) is 5.46. The average Bonchev–Trinajstić information content (AvgIpc) is 3.44. The average molecular weight is 389 g/mol. The summed E-state index contributed by atoms with van der Waals surface area (Å²) in [4.78, 5) is 8.57. The maximum Gasteiger partial charge on any atom is 0.266 e. The Morgan fingerprint density at radius 2 is 1.93 bits per heavy atom. The van der Waals surface area contributed by atoms with Crippen molar-refractivity contribution in [2.45, 2.75) is 0 Å². The quantitative estimate of drug-likeness (QED) is 0.634. The number of piperazine rings is 1. The Morgan fingerprint density at radius 1 is 1.07 bits per heavy atom. The van der Waals surface area contributed by atoms with Crippen LogP contribution in [0.15, 0.2) is 51.5 Å². The molecule has 3 aromatic rings. The summed E-state index contributed by atoms with van der Waals surface area (Å²) in [6.45, 7) is 4.43. The molecule has 0 atom stereocenters. The van der Waals surface area contributed by atoms with Crippen molar-refractivity contribution in [3.05, 3.63) is 53.9 Å². The highest BCUT2D eigenvalue weighted by atomic mass is 16.5. The lowest BCUT2D eigenvalue weighted by molar-refractivity contribution is 0.199. The SMILES string of the molecule is N#Cc1cccc(OCCN2CCN(c3oc(-c4ccco4)nc3C#N)CC2)c1. The van der Waals surface area contributed by atoms with Crippen LogP contribution >= 0.6 is 0 Å². The number of nitriles is 2. The molecule has 0 saturated carbocycles. The van der Waals surface area contributed by atoms with Gasteiger partial charge in [-0.2, -0.15) is 15.5 Å². The number of aromatic nitrogens is 1. The number of ether oxygens (including phenoxy) is 1. The Morgan fingerprint density at radius 3 is 2.66 bits per heavy atom. The molecule has 146 valence electrons. The fraction of sp³-hybridized carbons (Fsp3) is 0.286. The van der Waals surface area contributed by atoms with E-state index < -0.39 is 0 Å². The van der Waals surface area contributed by atoms with E-state index in [0.29, 0.717) is 35.5 Å². The van der Waals surface area contributed by atoms with Gasteiger partial charge in [-0.05, 0) is 30.3 Å². The van der Waals surface area contributed by atoms with Crippen molar-refractivity contribution in [2.24, 2.45) is 0 Å². The third kappa shape index (κ3) is 4.23. The van der Waals surface area contributed by atoms with Crippen LogP contribution in [0.4, 0.5) is 5.88 Å². The molecule has 0 amide bonds. The number of nitrogens with zero attached hydrogens (tertiary/aromatic N) is 5. The first kappa shape index (κ1) is 18.6. The second-order valence-electron chi connectivity index (χ2n) is 6.58. The van der Waals surface area contributed by atoms with Crippen molar-refractivity contribution in [1.29, 1.82) is 10.5 Å². The minimum atomic E-state index is 0.269. The van der Waals surface area contributed by atoms with E-state index in [0.717, 1.165) is 32.7 Å². The summed E-state index contributed by atoms with van der Waals surface area (Å²) in [7, 11) is 0. The van der Waals surface area contributed by atoms with E-state index in [1.54, 1.807) is 30.5 Å². The first-order chi connectivity index (χ1) is 14.3. The monoisotopic (exact) mass is 389 g/mol. The van der Waals surface area contributed by atoms with E-state index in [1.807, 2.05) is 17.0 Å². The van der Waals surface area contributed by atoms with Gasteiger partial charge in [0.15, 0.2) is 5.76 Å². The van der Waals surface area contributed by atoms with Crippen LogP contribution in [0.1, 0.15) is 11.3 Å². The predicted molar refractivity (Wildman–Crippen MR) is 104 cm³/mol. The van der Waals surface area contributed by atoms with E-state index in [4.69, 9.17) is 18.8 Å². The van der Waals surface area contributed by atoms with Crippen LogP contribution in [0.5, 0.6) is 5.75 Å². The molecule has 0 bridgehead atoms. The predicted octanol–water partition coefficient (Wildman–Crippen LogP) is 2.88. The van der Waals surface area contributed by atoms with Gasteiger partial charge in [-0.15, -0.1) is 0 Å². The molecule has 1 aliphatic rings. The maximum atomic E-state index is 9.40. The molecule has 0 N–H and O–H groups in total. The molecule has 1 fully saturated rings. The molecule has 29 heavy (non-hydrogen) atoms. The van der Waals surface area contributed by atoms with E-state index in [1.165, 1.54) is 0 Å². The summed E-state index contributed by atoms with van der Waals surface area (Å²) in [5.74, 6) is 2.01. The summed E-state index contributed by atoms with van der Waals surface area (Å²) in [6.07, 6.45) is 1.54. The van der Waals surface area contributed by atoms with E-state index in [2.05, 4.69) is 22.0 Å². The summed E-state index contributed by atoms with van der Waals surface area (Å²) >= 11 is 0. The fourth-order valence-electron chi connectivity index (χ4n) is 3.23. The topological polar surface area (TPSA) is 102 Å². The molecule has 0 radical (unpaired) electrons. The number of hydrogen-bond donors (Lipinski definition) is 0. The molecule has 4 rings (SSSR count). The fourth-order valence-corrected chi connectivity index (χ4v) is 3.23. The Hall–Kier alpha value is -3.75. The van der Waals surface area contributed by atoms with Crippen LogP contribution < -0.4 is 9.64 Å². The van der Waals surface area contributed by atoms with Crippen LogP contribution in [-0.4, -0.2) is 49.2 Å². The molecule has 1 aromatic carbocycles. The highest BCUT2D eigenvalue weighted by Crippen LogP contribution is 2.29. The zero-order chi connectivity index (χ0) is 20.1. The highest BCUT2D eigenvalue weighted by molar-refractivity contribution is 5.55. The van der Waals surface area contributed by atoms with E-state index in [-0.39, 0.29) is 5.69 Å². The minimum Gasteiger partial charge on any atom is -0.492 e. The molecule has 1 aliphatic heterocycles. The van der Waals surface area contributed by atoms with Gasteiger partial charge >= 0.3 is 0 Å². The molecule has 1 saturated heterocycles. The minimum absolute atomic E-state index is 0.269. The summed E-state index contributed by atoms with van der Waals surface area (Å²) in [6, 6.07) is 14.9. The molecular weight excluding hydrogens is 370 g/mol. The zero-order valence-electron chi connectivity index (χ0n) is 15.7. The zero-order valence-corrected chi connectivity index (χ0v) is 15.7. The molecular formula is C21H19N5O3. The van der Waals surface area contributed by atoms with Crippen LogP contribution in [-0.2, 0) is 0 Å². The van der Waals surface area contributed by atoms with E-state index >= 15 is 0 Å². The molecule has 8 heteroatoms. The van der Waals surface area contributed by atoms with Gasteiger partial charge in [0, 0.05) is 32.7 Å². The second-order valence-corrected chi connectivity index (χ2v) is 6.58. The standard InChI is InChI=1S/C21H19N5O3/c22-14-16-3-1-4-17(13-16)27-12-10-25-6-8-26(9-7-25)21-18(15-23)24-20(29-21)19-5-2-11-28-19/h1-5,11,13H,6-10,12H2.